The zero-order chi connectivity index (χ0) is 14.7. The van der Waals surface area contributed by atoms with E-state index < -0.39 is 0 Å². The van der Waals surface area contributed by atoms with Gasteiger partial charge in [-0.25, -0.2) is 0 Å². The highest BCUT2D eigenvalue weighted by molar-refractivity contribution is 7.03. The fourth-order valence-corrected chi connectivity index (χ4v) is 2.58. The van der Waals surface area contributed by atoms with Crippen LogP contribution in [-0.2, 0) is 0 Å². The second-order valence-corrected chi connectivity index (χ2v) is 5.32. The molecule has 0 aliphatic rings. The number of anilines is 1. The van der Waals surface area contributed by atoms with E-state index >= 15 is 0 Å². The first-order valence-electron chi connectivity index (χ1n) is 6.17. The first-order chi connectivity index (χ1) is 10.2. The van der Waals surface area contributed by atoms with Crippen LogP contribution in [0.3, 0.4) is 0 Å². The van der Waals surface area contributed by atoms with Crippen molar-refractivity contribution in [3.63, 3.8) is 0 Å². The van der Waals surface area contributed by atoms with Gasteiger partial charge in [-0.2, -0.15) is 0 Å². The van der Waals surface area contributed by atoms with Crippen LogP contribution in [0.5, 0.6) is 0 Å². The normalized spacial score (nSPS) is 10.3. The minimum absolute atomic E-state index is 0.242. The Balaban J connectivity index is 1.84. The molecule has 21 heavy (non-hydrogen) atoms. The molecule has 6 heteroatoms. The van der Waals surface area contributed by atoms with Gasteiger partial charge in [0.25, 0.3) is 5.91 Å². The van der Waals surface area contributed by atoms with E-state index in [1.54, 1.807) is 24.3 Å². The monoisotopic (exact) mass is 315 g/mol. The van der Waals surface area contributed by atoms with Crippen molar-refractivity contribution < 1.29 is 4.79 Å². The zero-order valence-electron chi connectivity index (χ0n) is 10.8. The molecular formula is C15H10ClN3OS. The lowest BCUT2D eigenvalue weighted by Crippen LogP contribution is -2.12. The highest BCUT2D eigenvalue weighted by Gasteiger charge is 2.10. The van der Waals surface area contributed by atoms with Gasteiger partial charge >= 0.3 is 0 Å². The van der Waals surface area contributed by atoms with Crippen LogP contribution in [0.2, 0.25) is 5.02 Å². The van der Waals surface area contributed by atoms with Crippen molar-refractivity contribution in [2.24, 2.45) is 0 Å². The van der Waals surface area contributed by atoms with Gasteiger partial charge in [-0.3, -0.25) is 4.79 Å². The van der Waals surface area contributed by atoms with E-state index in [-0.39, 0.29) is 5.91 Å². The lowest BCUT2D eigenvalue weighted by molar-refractivity contribution is 0.102. The van der Waals surface area contributed by atoms with Crippen LogP contribution in [0.1, 0.15) is 10.4 Å². The summed E-state index contributed by atoms with van der Waals surface area (Å²) in [6.07, 6.45) is 0. The van der Waals surface area contributed by atoms with Crippen molar-refractivity contribution in [3.05, 3.63) is 64.5 Å². The molecule has 3 aromatic rings. The number of nitrogens with zero attached hydrogens (tertiary/aromatic N) is 2. The smallest absolute Gasteiger partial charge is 0.257 e. The van der Waals surface area contributed by atoms with Crippen LogP contribution in [0, 0.1) is 0 Å². The maximum Gasteiger partial charge on any atom is 0.257 e. The molecular weight excluding hydrogens is 306 g/mol. The zero-order valence-corrected chi connectivity index (χ0v) is 12.4. The predicted octanol–water partition coefficient (Wildman–Crippen LogP) is 4.11. The van der Waals surface area contributed by atoms with Crippen molar-refractivity contribution >= 4 is 34.7 Å². The van der Waals surface area contributed by atoms with Gasteiger partial charge < -0.3 is 5.32 Å². The van der Waals surface area contributed by atoms with Gasteiger partial charge in [0.05, 0.1) is 10.6 Å². The molecule has 1 heterocycles. The van der Waals surface area contributed by atoms with E-state index in [0.717, 1.165) is 11.3 Å². The Morgan fingerprint density at radius 2 is 2.00 bits per heavy atom. The highest BCUT2D eigenvalue weighted by atomic mass is 35.5. The Bertz CT molecular complexity index is 774. The van der Waals surface area contributed by atoms with E-state index in [0.29, 0.717) is 16.3 Å². The summed E-state index contributed by atoms with van der Waals surface area (Å²) in [5.74, 6) is -0.242. The van der Waals surface area contributed by atoms with Crippen molar-refractivity contribution in [2.45, 2.75) is 0 Å². The molecule has 0 unspecified atom stereocenters. The maximum atomic E-state index is 12.2. The first-order valence-corrected chi connectivity index (χ1v) is 7.39. The Kier molecular flexibility index (Phi) is 3.94. The molecule has 0 aliphatic carbocycles. The van der Waals surface area contributed by atoms with Crippen molar-refractivity contribution in [3.8, 4) is 11.3 Å². The van der Waals surface area contributed by atoms with Gasteiger partial charge in [0.15, 0.2) is 0 Å². The van der Waals surface area contributed by atoms with Gasteiger partial charge in [-0.15, -0.1) is 5.10 Å². The molecule has 1 aromatic heterocycles. The Hall–Kier alpha value is -2.24. The fraction of sp³-hybridized carbons (Fsp3) is 0. The molecule has 2 aromatic carbocycles. The van der Waals surface area contributed by atoms with E-state index in [4.69, 9.17) is 11.6 Å². The number of hydrogen-bond donors (Lipinski definition) is 1. The Morgan fingerprint density at radius 1 is 1.14 bits per heavy atom. The molecule has 0 aliphatic heterocycles. The quantitative estimate of drug-likeness (QED) is 0.791. The SMILES string of the molecule is O=C(Nc1cccc(-c2csnn2)c1)c1ccccc1Cl. The van der Waals surface area contributed by atoms with Crippen molar-refractivity contribution in [1.29, 1.82) is 0 Å². The number of hydrogen-bond acceptors (Lipinski definition) is 4. The number of rotatable bonds is 3. The number of halogens is 1. The molecule has 1 amide bonds. The van der Waals surface area contributed by atoms with Gasteiger partial charge in [0, 0.05) is 16.6 Å². The van der Waals surface area contributed by atoms with Crippen LogP contribution in [-0.4, -0.2) is 15.5 Å². The lowest BCUT2D eigenvalue weighted by atomic mass is 10.1. The average Bonchev–Trinajstić information content (AvgIpc) is 3.02. The molecule has 0 atom stereocenters. The summed E-state index contributed by atoms with van der Waals surface area (Å²) < 4.78 is 3.84. The van der Waals surface area contributed by atoms with Crippen LogP contribution in [0.25, 0.3) is 11.3 Å². The first kappa shape index (κ1) is 13.7. The summed E-state index contributed by atoms with van der Waals surface area (Å²) in [4.78, 5) is 12.2. The molecule has 1 N–H and O–H groups in total. The summed E-state index contributed by atoms with van der Waals surface area (Å²) in [5, 5.41) is 9.13. The summed E-state index contributed by atoms with van der Waals surface area (Å²) in [5.41, 5.74) is 2.82. The van der Waals surface area contributed by atoms with Gasteiger partial charge in [0.1, 0.15) is 5.69 Å². The minimum Gasteiger partial charge on any atom is -0.322 e. The highest BCUT2D eigenvalue weighted by Crippen LogP contribution is 2.22. The molecule has 0 saturated carbocycles. The molecule has 0 radical (unpaired) electrons. The second kappa shape index (κ2) is 6.03. The van der Waals surface area contributed by atoms with Crippen LogP contribution in [0.4, 0.5) is 5.69 Å². The second-order valence-electron chi connectivity index (χ2n) is 4.30. The summed E-state index contributed by atoms with van der Waals surface area (Å²) in [7, 11) is 0. The van der Waals surface area contributed by atoms with Gasteiger partial charge in [0.2, 0.25) is 0 Å². The number of nitrogens with one attached hydrogen (secondary N) is 1. The van der Waals surface area contributed by atoms with Crippen molar-refractivity contribution in [1.82, 2.24) is 9.59 Å². The molecule has 0 fully saturated rings. The van der Waals surface area contributed by atoms with Gasteiger partial charge in [-0.1, -0.05) is 40.4 Å². The number of aromatic nitrogens is 2. The lowest BCUT2D eigenvalue weighted by Gasteiger charge is -2.07. The fourth-order valence-electron chi connectivity index (χ4n) is 1.89. The van der Waals surface area contributed by atoms with E-state index in [1.165, 1.54) is 11.5 Å². The van der Waals surface area contributed by atoms with Crippen LogP contribution in [0.15, 0.2) is 53.9 Å². The third-order valence-corrected chi connectivity index (χ3v) is 3.73. The minimum atomic E-state index is -0.242. The third-order valence-electron chi connectivity index (χ3n) is 2.89. The standard InChI is InChI=1S/C15H10ClN3OS/c16-13-7-2-1-6-12(13)15(20)17-11-5-3-4-10(8-11)14-9-21-19-18-14/h1-9H,(H,17,20). The molecule has 0 bridgehead atoms. The molecule has 0 spiro atoms. The topological polar surface area (TPSA) is 54.9 Å². The third kappa shape index (κ3) is 3.09. The largest absolute Gasteiger partial charge is 0.322 e. The molecule has 3 rings (SSSR count). The summed E-state index contributed by atoms with van der Waals surface area (Å²) in [6, 6.07) is 14.4. The number of benzene rings is 2. The van der Waals surface area contributed by atoms with E-state index in [2.05, 4.69) is 14.9 Å². The molecule has 0 saturated heterocycles. The number of amides is 1. The Morgan fingerprint density at radius 3 is 2.76 bits per heavy atom. The average molecular weight is 316 g/mol. The molecule has 4 nitrogen and oxygen atoms in total. The van der Waals surface area contributed by atoms with E-state index in [9.17, 15) is 4.79 Å². The molecule has 104 valence electrons. The van der Waals surface area contributed by atoms with E-state index in [1.807, 2.05) is 29.6 Å². The number of carbonyl (C=O) groups excluding carboxylic acids is 1. The summed E-state index contributed by atoms with van der Waals surface area (Å²) in [6.45, 7) is 0. The van der Waals surface area contributed by atoms with Crippen molar-refractivity contribution in [2.75, 3.05) is 5.32 Å². The summed E-state index contributed by atoms with van der Waals surface area (Å²) >= 11 is 7.31. The maximum absolute atomic E-state index is 12.2. The number of carbonyl (C=O) groups is 1. The predicted molar refractivity (Wildman–Crippen MR) is 84.8 cm³/mol. The van der Waals surface area contributed by atoms with Gasteiger partial charge in [-0.05, 0) is 35.8 Å². The Labute approximate surface area is 130 Å². The van der Waals surface area contributed by atoms with Crippen LogP contribution < -0.4 is 5.32 Å². The van der Waals surface area contributed by atoms with Crippen LogP contribution >= 0.6 is 23.1 Å².